The average Bonchev–Trinajstić information content (AvgIpc) is 3.25. The van der Waals surface area contributed by atoms with Gasteiger partial charge < -0.3 is 19.5 Å². The topological polar surface area (TPSA) is 76.3 Å². The maximum absolute atomic E-state index is 6.25. The zero-order valence-corrected chi connectivity index (χ0v) is 19.4. The number of aryl methyl sites for hydroxylation is 1. The standard InChI is InChI=1S/C24H30ClN5O2/c1-15-26-24(32-29-15)19-12-16-8-9-17(25)13-21(16)28-23(19)30-11-10-20(22(14-30)31-2)27-18-6-4-3-5-7-18/h8-9,12-13,18,20,22,27H,3-7,10-11,14H2,1-2H3/t20-,22+/m1/s1. The number of aromatic nitrogens is 3. The number of rotatable bonds is 5. The summed E-state index contributed by atoms with van der Waals surface area (Å²) in [5.41, 5.74) is 1.69. The lowest BCUT2D eigenvalue weighted by molar-refractivity contribution is 0.0534. The first-order valence-corrected chi connectivity index (χ1v) is 11.9. The second kappa shape index (κ2) is 9.33. The average molecular weight is 456 g/mol. The Balaban J connectivity index is 1.45. The summed E-state index contributed by atoms with van der Waals surface area (Å²) >= 11 is 6.25. The number of ether oxygens (including phenoxy) is 1. The SMILES string of the molecule is CO[C@H]1CN(c2nc3cc(Cl)ccc3cc2-c2nc(C)no2)CC[C@H]1NC1CCCCC1. The van der Waals surface area contributed by atoms with Crippen LogP contribution >= 0.6 is 11.6 Å². The summed E-state index contributed by atoms with van der Waals surface area (Å²) in [5.74, 6) is 1.92. The first-order valence-electron chi connectivity index (χ1n) is 11.6. The van der Waals surface area contributed by atoms with Gasteiger partial charge in [0.1, 0.15) is 5.82 Å². The molecule has 1 aliphatic heterocycles. The zero-order valence-electron chi connectivity index (χ0n) is 18.7. The quantitative estimate of drug-likeness (QED) is 0.594. The van der Waals surface area contributed by atoms with Crippen LogP contribution in [0.5, 0.6) is 0 Å². The van der Waals surface area contributed by atoms with E-state index in [2.05, 4.69) is 26.4 Å². The molecule has 0 spiro atoms. The van der Waals surface area contributed by atoms with Crippen LogP contribution in [-0.2, 0) is 4.74 Å². The highest BCUT2D eigenvalue weighted by molar-refractivity contribution is 6.31. The third-order valence-corrected chi connectivity index (χ3v) is 6.97. The Bertz CT molecular complexity index is 1080. The van der Waals surface area contributed by atoms with Crippen LogP contribution in [0.25, 0.3) is 22.4 Å². The Hall–Kier alpha value is -2.22. The smallest absolute Gasteiger partial charge is 0.261 e. The molecule has 1 aromatic carbocycles. The molecule has 1 saturated carbocycles. The maximum atomic E-state index is 6.25. The molecule has 0 unspecified atom stereocenters. The van der Waals surface area contributed by atoms with Gasteiger partial charge in [-0.05, 0) is 44.4 Å². The normalized spacial score (nSPS) is 22.5. The Kier molecular flexibility index (Phi) is 6.31. The van der Waals surface area contributed by atoms with Gasteiger partial charge in [-0.3, -0.25) is 0 Å². The predicted octanol–water partition coefficient (Wildman–Crippen LogP) is 4.76. The van der Waals surface area contributed by atoms with Crippen molar-refractivity contribution in [2.45, 2.75) is 63.6 Å². The molecule has 7 nitrogen and oxygen atoms in total. The van der Waals surface area contributed by atoms with E-state index in [1.54, 1.807) is 7.11 Å². The lowest BCUT2D eigenvalue weighted by atomic mass is 9.92. The minimum atomic E-state index is 0.0832. The van der Waals surface area contributed by atoms with Crippen molar-refractivity contribution < 1.29 is 9.26 Å². The lowest BCUT2D eigenvalue weighted by Crippen LogP contribution is -2.56. The number of halogens is 1. The van der Waals surface area contributed by atoms with Crippen molar-refractivity contribution in [2.24, 2.45) is 0 Å². The molecular formula is C24H30ClN5O2. The van der Waals surface area contributed by atoms with E-state index in [-0.39, 0.29) is 6.10 Å². The largest absolute Gasteiger partial charge is 0.378 e. The number of benzene rings is 1. The monoisotopic (exact) mass is 455 g/mol. The Morgan fingerprint density at radius 3 is 2.72 bits per heavy atom. The van der Waals surface area contributed by atoms with Crippen LogP contribution in [0.2, 0.25) is 5.02 Å². The van der Waals surface area contributed by atoms with Gasteiger partial charge in [0.15, 0.2) is 5.82 Å². The van der Waals surface area contributed by atoms with Gasteiger partial charge >= 0.3 is 0 Å². The molecule has 0 amide bonds. The Morgan fingerprint density at radius 2 is 1.97 bits per heavy atom. The minimum absolute atomic E-state index is 0.0832. The van der Waals surface area contributed by atoms with Crippen molar-refractivity contribution in [1.29, 1.82) is 0 Å². The van der Waals surface area contributed by atoms with Crippen LogP contribution in [0.3, 0.4) is 0 Å². The molecule has 1 saturated heterocycles. The van der Waals surface area contributed by atoms with Gasteiger partial charge in [-0.15, -0.1) is 0 Å². The first-order chi connectivity index (χ1) is 15.6. The van der Waals surface area contributed by atoms with Crippen LogP contribution in [0.15, 0.2) is 28.8 Å². The summed E-state index contributed by atoms with van der Waals surface area (Å²) in [6, 6.07) is 8.76. The van der Waals surface area contributed by atoms with Crippen LogP contribution in [0.1, 0.15) is 44.3 Å². The summed E-state index contributed by atoms with van der Waals surface area (Å²) < 4.78 is 11.5. The molecule has 2 aliphatic rings. The molecule has 2 aromatic heterocycles. The summed E-state index contributed by atoms with van der Waals surface area (Å²) in [5, 5.41) is 9.54. The number of anilines is 1. The number of hydrogen-bond acceptors (Lipinski definition) is 7. The second-order valence-corrected chi connectivity index (χ2v) is 9.40. The van der Waals surface area contributed by atoms with E-state index in [1.165, 1.54) is 32.1 Å². The van der Waals surface area contributed by atoms with Crippen molar-refractivity contribution >= 4 is 28.3 Å². The molecule has 0 radical (unpaired) electrons. The maximum Gasteiger partial charge on any atom is 0.261 e. The minimum Gasteiger partial charge on any atom is -0.378 e. The molecule has 170 valence electrons. The Morgan fingerprint density at radius 1 is 1.12 bits per heavy atom. The van der Waals surface area contributed by atoms with Crippen LogP contribution in [0, 0.1) is 6.92 Å². The predicted molar refractivity (Wildman–Crippen MR) is 126 cm³/mol. The van der Waals surface area contributed by atoms with Gasteiger partial charge in [-0.25, -0.2) is 4.98 Å². The van der Waals surface area contributed by atoms with Gasteiger partial charge in [-0.1, -0.05) is 42.1 Å². The van der Waals surface area contributed by atoms with E-state index in [1.807, 2.05) is 25.1 Å². The number of fused-ring (bicyclic) bond motifs is 1. The van der Waals surface area contributed by atoms with Gasteiger partial charge in [0.05, 0.1) is 17.2 Å². The van der Waals surface area contributed by atoms with Gasteiger partial charge in [0, 0.05) is 42.7 Å². The van der Waals surface area contributed by atoms with Crippen molar-refractivity contribution in [3.63, 3.8) is 0 Å². The molecule has 1 aliphatic carbocycles. The fourth-order valence-corrected chi connectivity index (χ4v) is 5.21. The third-order valence-electron chi connectivity index (χ3n) is 6.73. The molecule has 3 aromatic rings. The highest BCUT2D eigenvalue weighted by atomic mass is 35.5. The fraction of sp³-hybridized carbons (Fsp3) is 0.542. The number of methoxy groups -OCH3 is 1. The second-order valence-electron chi connectivity index (χ2n) is 8.96. The fourth-order valence-electron chi connectivity index (χ4n) is 5.05. The third kappa shape index (κ3) is 4.47. The number of nitrogens with zero attached hydrogens (tertiary/aromatic N) is 4. The molecule has 3 heterocycles. The molecule has 2 atom stereocenters. The highest BCUT2D eigenvalue weighted by Gasteiger charge is 2.33. The molecule has 0 bridgehead atoms. The van der Waals surface area contributed by atoms with E-state index >= 15 is 0 Å². The summed E-state index contributed by atoms with van der Waals surface area (Å²) in [7, 11) is 1.81. The lowest BCUT2D eigenvalue weighted by Gasteiger charge is -2.41. The van der Waals surface area contributed by atoms with Crippen molar-refractivity contribution in [3.05, 3.63) is 35.1 Å². The van der Waals surface area contributed by atoms with E-state index in [0.29, 0.717) is 28.8 Å². The first kappa shape index (κ1) is 21.6. The van der Waals surface area contributed by atoms with Gasteiger partial charge in [-0.2, -0.15) is 4.98 Å². The number of nitrogens with one attached hydrogen (secondary N) is 1. The van der Waals surface area contributed by atoms with E-state index in [9.17, 15) is 0 Å². The van der Waals surface area contributed by atoms with Gasteiger partial charge in [0.25, 0.3) is 5.89 Å². The van der Waals surface area contributed by atoms with E-state index < -0.39 is 0 Å². The summed E-state index contributed by atoms with van der Waals surface area (Å²) in [6.45, 7) is 3.45. The molecular weight excluding hydrogens is 426 g/mol. The van der Waals surface area contributed by atoms with Crippen molar-refractivity contribution in [1.82, 2.24) is 20.4 Å². The number of pyridine rings is 1. The van der Waals surface area contributed by atoms with E-state index in [4.69, 9.17) is 25.8 Å². The van der Waals surface area contributed by atoms with Crippen LogP contribution in [-0.4, -0.2) is 53.5 Å². The summed E-state index contributed by atoms with van der Waals surface area (Å²) in [6.07, 6.45) is 7.62. The highest BCUT2D eigenvalue weighted by Crippen LogP contribution is 2.34. The Labute approximate surface area is 193 Å². The van der Waals surface area contributed by atoms with Crippen LogP contribution in [0.4, 0.5) is 5.82 Å². The molecule has 5 rings (SSSR count). The molecule has 8 heteroatoms. The number of piperidine rings is 1. The molecule has 32 heavy (non-hydrogen) atoms. The summed E-state index contributed by atoms with van der Waals surface area (Å²) in [4.78, 5) is 11.8. The zero-order chi connectivity index (χ0) is 22.1. The van der Waals surface area contributed by atoms with Crippen LogP contribution < -0.4 is 10.2 Å². The molecule has 2 fully saturated rings. The van der Waals surface area contributed by atoms with Crippen molar-refractivity contribution in [3.8, 4) is 11.5 Å². The number of hydrogen-bond donors (Lipinski definition) is 1. The van der Waals surface area contributed by atoms with Crippen molar-refractivity contribution in [2.75, 3.05) is 25.1 Å². The van der Waals surface area contributed by atoms with E-state index in [0.717, 1.165) is 41.8 Å². The van der Waals surface area contributed by atoms with Gasteiger partial charge in [0.2, 0.25) is 0 Å². The molecule has 1 N–H and O–H groups in total.